The minimum atomic E-state index is -0.976. The van der Waals surface area contributed by atoms with Crippen molar-refractivity contribution in [2.45, 2.75) is 19.5 Å². The summed E-state index contributed by atoms with van der Waals surface area (Å²) in [6.45, 7) is 2.47. The molecule has 1 amide bonds. The summed E-state index contributed by atoms with van der Waals surface area (Å²) in [6.07, 6.45) is 3.86. The first kappa shape index (κ1) is 23.1. The highest BCUT2D eigenvalue weighted by Gasteiger charge is 2.17. The van der Waals surface area contributed by atoms with Crippen LogP contribution in [-0.2, 0) is 6.54 Å². The van der Waals surface area contributed by atoms with Gasteiger partial charge < -0.3 is 15.0 Å². The lowest BCUT2D eigenvalue weighted by Crippen LogP contribution is -2.27. The summed E-state index contributed by atoms with van der Waals surface area (Å²) < 4.78 is 2.07. The lowest BCUT2D eigenvalue weighted by Gasteiger charge is -2.16. The van der Waals surface area contributed by atoms with Crippen LogP contribution in [0.4, 0.5) is 0 Å². The van der Waals surface area contributed by atoms with Gasteiger partial charge in [0.1, 0.15) is 0 Å². The van der Waals surface area contributed by atoms with Crippen molar-refractivity contribution in [1.29, 1.82) is 0 Å². The first-order valence-corrected chi connectivity index (χ1v) is 11.7. The average molecular weight is 476 g/mol. The quantitative estimate of drug-likeness (QED) is 0.305. The fraction of sp³-hybridized carbons (Fsp3) is 0.100. The van der Waals surface area contributed by atoms with Crippen LogP contribution in [0.15, 0.2) is 103 Å². The van der Waals surface area contributed by atoms with Gasteiger partial charge >= 0.3 is 5.97 Å². The highest BCUT2D eigenvalue weighted by atomic mass is 16.4. The number of nitrogens with one attached hydrogen (secondary N) is 1. The second kappa shape index (κ2) is 9.88. The summed E-state index contributed by atoms with van der Waals surface area (Å²) >= 11 is 0. The molecule has 0 aliphatic heterocycles. The molecule has 2 aromatic heterocycles. The molecule has 2 N–H and O–H groups in total. The number of carboxylic acids is 1. The maximum atomic E-state index is 13.3. The number of amides is 1. The zero-order chi connectivity index (χ0) is 25.1. The van der Waals surface area contributed by atoms with Gasteiger partial charge in [-0.1, -0.05) is 60.7 Å². The first-order chi connectivity index (χ1) is 17.5. The molecule has 0 aliphatic carbocycles. The number of aromatic nitrogens is 2. The Labute approximate surface area is 208 Å². The number of para-hydroxylation sites is 1. The number of carboxylic acid groups (broad SMARTS) is 1. The Hall–Kier alpha value is -4.71. The van der Waals surface area contributed by atoms with Crippen LogP contribution in [0.2, 0.25) is 0 Å². The molecule has 6 heteroatoms. The van der Waals surface area contributed by atoms with Crippen molar-refractivity contribution in [3.63, 3.8) is 0 Å². The number of benzene rings is 3. The topological polar surface area (TPSA) is 84.2 Å². The molecular weight excluding hydrogens is 450 g/mol. The van der Waals surface area contributed by atoms with Gasteiger partial charge in [0.05, 0.1) is 28.4 Å². The predicted octanol–water partition coefficient (Wildman–Crippen LogP) is 5.94. The van der Waals surface area contributed by atoms with Crippen LogP contribution in [0.1, 0.15) is 44.8 Å². The minimum Gasteiger partial charge on any atom is -0.478 e. The van der Waals surface area contributed by atoms with Gasteiger partial charge in [0, 0.05) is 29.9 Å². The maximum Gasteiger partial charge on any atom is 0.335 e. The van der Waals surface area contributed by atoms with Gasteiger partial charge in [0.15, 0.2) is 0 Å². The fourth-order valence-corrected chi connectivity index (χ4v) is 4.34. The van der Waals surface area contributed by atoms with Crippen LogP contribution in [0.3, 0.4) is 0 Å². The standard InChI is InChI=1S/C30H25N3O3/c1-20(22-11-13-25(14-12-22)30(35)36)32-29(34)26-9-5-8-24-16-17-33(28(24)26)19-21-10-15-27(31-18-21)23-6-3-2-4-7-23/h2-18,20H,19H2,1H3,(H,32,34)(H,35,36)/t20-/m0/s1. The molecule has 0 saturated heterocycles. The number of rotatable bonds is 7. The van der Waals surface area contributed by atoms with Crippen LogP contribution < -0.4 is 5.32 Å². The molecule has 6 nitrogen and oxygen atoms in total. The molecule has 0 aliphatic rings. The number of aromatic carboxylic acids is 1. The van der Waals surface area contributed by atoms with Gasteiger partial charge in [-0.15, -0.1) is 0 Å². The first-order valence-electron chi connectivity index (χ1n) is 11.7. The number of hydrogen-bond donors (Lipinski definition) is 2. The summed E-state index contributed by atoms with van der Waals surface area (Å²) in [5.41, 5.74) is 5.51. The average Bonchev–Trinajstić information content (AvgIpc) is 3.32. The summed E-state index contributed by atoms with van der Waals surface area (Å²) in [7, 11) is 0. The largest absolute Gasteiger partial charge is 0.478 e. The Bertz CT molecular complexity index is 1520. The van der Waals surface area contributed by atoms with E-state index in [1.54, 1.807) is 24.3 Å². The second-order valence-electron chi connectivity index (χ2n) is 8.73. The van der Waals surface area contributed by atoms with Crippen molar-refractivity contribution < 1.29 is 14.7 Å². The molecule has 2 heterocycles. The Morgan fingerprint density at radius 3 is 2.39 bits per heavy atom. The number of carbonyl (C=O) groups is 2. The van der Waals surface area contributed by atoms with E-state index in [4.69, 9.17) is 5.11 Å². The molecule has 178 valence electrons. The zero-order valence-electron chi connectivity index (χ0n) is 19.8. The Balaban J connectivity index is 1.37. The van der Waals surface area contributed by atoms with E-state index in [0.29, 0.717) is 12.1 Å². The van der Waals surface area contributed by atoms with Gasteiger partial charge in [-0.2, -0.15) is 0 Å². The smallest absolute Gasteiger partial charge is 0.335 e. The van der Waals surface area contributed by atoms with Gasteiger partial charge in [-0.25, -0.2) is 4.79 Å². The third-order valence-electron chi connectivity index (χ3n) is 6.29. The van der Waals surface area contributed by atoms with Crippen molar-refractivity contribution in [3.8, 4) is 11.3 Å². The maximum absolute atomic E-state index is 13.3. The third-order valence-corrected chi connectivity index (χ3v) is 6.29. The van der Waals surface area contributed by atoms with Crippen molar-refractivity contribution in [3.05, 3.63) is 126 Å². The third kappa shape index (κ3) is 4.74. The highest BCUT2D eigenvalue weighted by Crippen LogP contribution is 2.24. The van der Waals surface area contributed by atoms with E-state index in [2.05, 4.69) is 20.9 Å². The van der Waals surface area contributed by atoms with Gasteiger partial charge in [-0.05, 0) is 48.4 Å². The minimum absolute atomic E-state index is 0.187. The van der Waals surface area contributed by atoms with Crippen LogP contribution in [0.5, 0.6) is 0 Å². The van der Waals surface area contributed by atoms with E-state index >= 15 is 0 Å². The Morgan fingerprint density at radius 2 is 1.69 bits per heavy atom. The lowest BCUT2D eigenvalue weighted by atomic mass is 10.0. The fourth-order valence-electron chi connectivity index (χ4n) is 4.34. The molecule has 5 rings (SSSR count). The zero-order valence-corrected chi connectivity index (χ0v) is 19.8. The molecule has 3 aromatic carbocycles. The molecule has 0 unspecified atom stereocenters. The van der Waals surface area contributed by atoms with Crippen molar-refractivity contribution in [1.82, 2.24) is 14.9 Å². The Kier molecular flexibility index (Phi) is 6.33. The molecule has 0 radical (unpaired) electrons. The number of hydrogen-bond acceptors (Lipinski definition) is 3. The van der Waals surface area contributed by atoms with Crippen molar-refractivity contribution >= 4 is 22.8 Å². The van der Waals surface area contributed by atoms with E-state index in [9.17, 15) is 9.59 Å². The van der Waals surface area contributed by atoms with Crippen molar-refractivity contribution in [2.24, 2.45) is 0 Å². The van der Waals surface area contributed by atoms with Gasteiger partial charge in [0.25, 0.3) is 5.91 Å². The molecule has 0 saturated carbocycles. The Morgan fingerprint density at radius 1 is 0.917 bits per heavy atom. The van der Waals surface area contributed by atoms with E-state index in [0.717, 1.165) is 33.3 Å². The summed E-state index contributed by atoms with van der Waals surface area (Å²) in [6, 6.07) is 28.1. The van der Waals surface area contributed by atoms with Crippen molar-refractivity contribution in [2.75, 3.05) is 0 Å². The number of carbonyl (C=O) groups excluding carboxylic acids is 1. The number of nitrogens with zero attached hydrogens (tertiary/aromatic N) is 2. The van der Waals surface area contributed by atoms with Crippen LogP contribution in [0, 0.1) is 0 Å². The normalized spacial score (nSPS) is 11.8. The summed E-state index contributed by atoms with van der Waals surface area (Å²) in [5, 5.41) is 13.1. The van der Waals surface area contributed by atoms with E-state index in [-0.39, 0.29) is 17.5 Å². The second-order valence-corrected chi connectivity index (χ2v) is 8.73. The summed E-state index contributed by atoms with van der Waals surface area (Å²) in [4.78, 5) is 29.0. The SMILES string of the molecule is C[C@H](NC(=O)c1cccc2ccn(Cc3ccc(-c4ccccc4)nc3)c12)c1ccc(C(=O)O)cc1. The molecule has 0 bridgehead atoms. The molecule has 0 fully saturated rings. The molecule has 36 heavy (non-hydrogen) atoms. The van der Waals surface area contributed by atoms with Crippen LogP contribution in [-0.4, -0.2) is 26.5 Å². The van der Waals surface area contributed by atoms with E-state index < -0.39 is 5.97 Å². The molecule has 0 spiro atoms. The molecule has 5 aromatic rings. The monoisotopic (exact) mass is 475 g/mol. The molecular formula is C30H25N3O3. The predicted molar refractivity (Wildman–Crippen MR) is 140 cm³/mol. The van der Waals surface area contributed by atoms with Crippen LogP contribution in [0.25, 0.3) is 22.2 Å². The number of pyridine rings is 1. The highest BCUT2D eigenvalue weighted by molar-refractivity contribution is 6.06. The lowest BCUT2D eigenvalue weighted by molar-refractivity contribution is 0.0696. The molecule has 1 atom stereocenters. The van der Waals surface area contributed by atoms with Crippen LogP contribution >= 0.6 is 0 Å². The number of fused-ring (bicyclic) bond motifs is 1. The summed E-state index contributed by atoms with van der Waals surface area (Å²) in [5.74, 6) is -1.16. The van der Waals surface area contributed by atoms with Gasteiger partial charge in [-0.3, -0.25) is 9.78 Å². The van der Waals surface area contributed by atoms with E-state index in [1.807, 2.05) is 80.0 Å². The van der Waals surface area contributed by atoms with E-state index in [1.165, 1.54) is 0 Å². The van der Waals surface area contributed by atoms with Gasteiger partial charge in [0.2, 0.25) is 0 Å².